The Morgan fingerprint density at radius 1 is 1.67 bits per heavy atom. The van der Waals surface area contributed by atoms with Gasteiger partial charge in [-0.25, -0.2) is 0 Å². The molecule has 1 aromatic carbocycles. The molecule has 0 saturated carbocycles. The molecule has 15 heavy (non-hydrogen) atoms. The lowest BCUT2D eigenvalue weighted by atomic mass is 10.1. The molecule has 4 heteroatoms. The molecule has 1 aromatic rings. The highest BCUT2D eigenvalue weighted by atomic mass is 79.9. The van der Waals surface area contributed by atoms with Crippen LogP contribution in [0.15, 0.2) is 22.7 Å². The molecule has 1 saturated heterocycles. The van der Waals surface area contributed by atoms with E-state index in [2.05, 4.69) is 15.9 Å². The minimum absolute atomic E-state index is 0.0563. The number of halogens is 2. The van der Waals surface area contributed by atoms with E-state index in [9.17, 15) is 0 Å². The maximum absolute atomic E-state index is 5.87. The van der Waals surface area contributed by atoms with Gasteiger partial charge in [-0.3, -0.25) is 0 Å². The van der Waals surface area contributed by atoms with Crippen molar-refractivity contribution < 1.29 is 9.47 Å². The fraction of sp³-hybridized carbons (Fsp3) is 0.455. The van der Waals surface area contributed by atoms with Gasteiger partial charge in [0.15, 0.2) is 0 Å². The number of ether oxygens (including phenoxy) is 2. The molecule has 1 aliphatic heterocycles. The lowest BCUT2D eigenvalue weighted by Gasteiger charge is -2.14. The van der Waals surface area contributed by atoms with E-state index in [0.29, 0.717) is 12.7 Å². The third-order valence-corrected chi connectivity index (χ3v) is 3.26. The molecule has 0 aliphatic carbocycles. The summed E-state index contributed by atoms with van der Waals surface area (Å²) in [6, 6.07) is 5.73. The van der Waals surface area contributed by atoms with Crippen molar-refractivity contribution in [1.82, 2.24) is 0 Å². The number of hydrogen-bond donors (Lipinski definition) is 0. The van der Waals surface area contributed by atoms with E-state index in [1.165, 1.54) is 0 Å². The summed E-state index contributed by atoms with van der Waals surface area (Å²) in [7, 11) is 0. The van der Waals surface area contributed by atoms with Gasteiger partial charge < -0.3 is 9.47 Å². The van der Waals surface area contributed by atoms with E-state index in [0.717, 1.165) is 21.7 Å². The molecule has 82 valence electrons. The molecule has 0 bridgehead atoms. The van der Waals surface area contributed by atoms with Crippen LogP contribution in [0.4, 0.5) is 0 Å². The summed E-state index contributed by atoms with van der Waals surface area (Å²) >= 11 is 9.34. The van der Waals surface area contributed by atoms with Crippen molar-refractivity contribution in [3.63, 3.8) is 0 Å². The van der Waals surface area contributed by atoms with Crippen molar-refractivity contribution in [3.8, 4) is 0 Å². The van der Waals surface area contributed by atoms with Gasteiger partial charge in [0.2, 0.25) is 0 Å². The molecule has 0 aromatic heterocycles. The molecule has 2 nitrogen and oxygen atoms in total. The quantitative estimate of drug-likeness (QED) is 0.791. The van der Waals surface area contributed by atoms with Crippen LogP contribution in [0.25, 0.3) is 0 Å². The van der Waals surface area contributed by atoms with Crippen LogP contribution in [0.1, 0.15) is 18.6 Å². The van der Waals surface area contributed by atoms with Crippen LogP contribution in [0, 0.1) is 0 Å². The van der Waals surface area contributed by atoms with E-state index in [4.69, 9.17) is 21.1 Å². The molecule has 0 radical (unpaired) electrons. The number of hydrogen-bond acceptors (Lipinski definition) is 2. The summed E-state index contributed by atoms with van der Waals surface area (Å²) < 4.78 is 11.7. The lowest BCUT2D eigenvalue weighted by molar-refractivity contribution is 0.0535. The first-order chi connectivity index (χ1) is 7.16. The summed E-state index contributed by atoms with van der Waals surface area (Å²) in [5.74, 6) is 0. The van der Waals surface area contributed by atoms with Gasteiger partial charge in [0.05, 0.1) is 19.3 Å². The van der Waals surface area contributed by atoms with E-state index in [-0.39, 0.29) is 6.10 Å². The van der Waals surface area contributed by atoms with Crippen molar-refractivity contribution in [3.05, 3.63) is 33.3 Å². The molecule has 0 unspecified atom stereocenters. The Morgan fingerprint density at radius 2 is 2.40 bits per heavy atom. The Morgan fingerprint density at radius 3 is 3.00 bits per heavy atom. The van der Waals surface area contributed by atoms with Gasteiger partial charge in [-0.05, 0) is 24.6 Å². The predicted octanol–water partition coefficient (Wildman–Crippen LogP) is 3.58. The van der Waals surface area contributed by atoms with Gasteiger partial charge in [0.25, 0.3) is 0 Å². The third-order valence-electron chi connectivity index (χ3n) is 2.33. The molecule has 0 N–H and O–H groups in total. The monoisotopic (exact) mass is 290 g/mol. The number of epoxide rings is 1. The zero-order valence-electron chi connectivity index (χ0n) is 8.37. The first-order valence-corrected chi connectivity index (χ1v) is 6.02. The average Bonchev–Trinajstić information content (AvgIpc) is 2.97. The Balaban J connectivity index is 1.99. The highest BCUT2D eigenvalue weighted by Crippen LogP contribution is 2.29. The predicted molar refractivity (Wildman–Crippen MR) is 63.3 cm³/mol. The molecule has 1 fully saturated rings. The Kier molecular flexibility index (Phi) is 3.67. The SMILES string of the molecule is C[C@@H](OC[C@H]1CO1)c1ccc(Cl)cc1Br. The highest BCUT2D eigenvalue weighted by molar-refractivity contribution is 9.10. The van der Waals surface area contributed by atoms with Crippen LogP contribution in [0.2, 0.25) is 5.02 Å². The minimum atomic E-state index is 0.0563. The molecule has 2 rings (SSSR count). The largest absolute Gasteiger partial charge is 0.371 e. The lowest BCUT2D eigenvalue weighted by Crippen LogP contribution is -2.06. The zero-order valence-corrected chi connectivity index (χ0v) is 10.7. The Bertz CT molecular complexity index is 352. The maximum atomic E-state index is 5.87. The molecular weight excluding hydrogens is 279 g/mol. The van der Waals surface area contributed by atoms with Crippen LogP contribution >= 0.6 is 27.5 Å². The topological polar surface area (TPSA) is 21.8 Å². The average molecular weight is 292 g/mol. The van der Waals surface area contributed by atoms with Gasteiger partial charge in [0, 0.05) is 9.50 Å². The van der Waals surface area contributed by atoms with Crippen LogP contribution in [-0.4, -0.2) is 19.3 Å². The molecule has 0 amide bonds. The maximum Gasteiger partial charge on any atom is 0.104 e. The summed E-state index contributed by atoms with van der Waals surface area (Å²) in [5.41, 5.74) is 1.11. The van der Waals surface area contributed by atoms with E-state index < -0.39 is 0 Å². The van der Waals surface area contributed by atoms with Gasteiger partial charge in [-0.1, -0.05) is 33.6 Å². The van der Waals surface area contributed by atoms with E-state index >= 15 is 0 Å². The van der Waals surface area contributed by atoms with Crippen molar-refractivity contribution in [1.29, 1.82) is 0 Å². The normalized spacial score (nSPS) is 21.4. The standard InChI is InChI=1S/C11H12BrClO2/c1-7(14-5-9-6-15-9)10-3-2-8(13)4-11(10)12/h2-4,7,9H,5-6H2,1H3/t7-,9+/m1/s1. The Labute approximate surface area is 103 Å². The molecular formula is C11H12BrClO2. The first kappa shape index (κ1) is 11.4. The minimum Gasteiger partial charge on any atom is -0.371 e. The van der Waals surface area contributed by atoms with Crippen molar-refractivity contribution in [2.75, 3.05) is 13.2 Å². The van der Waals surface area contributed by atoms with Gasteiger partial charge in [0.1, 0.15) is 6.10 Å². The summed E-state index contributed by atoms with van der Waals surface area (Å²) in [6.07, 6.45) is 0.361. The molecule has 1 heterocycles. The second kappa shape index (κ2) is 4.83. The Hall–Kier alpha value is -0.0900. The van der Waals surface area contributed by atoms with Crippen molar-refractivity contribution in [2.24, 2.45) is 0 Å². The molecule has 0 spiro atoms. The second-order valence-corrected chi connectivity index (χ2v) is 4.89. The second-order valence-electron chi connectivity index (χ2n) is 3.60. The number of rotatable bonds is 4. The highest BCUT2D eigenvalue weighted by Gasteiger charge is 2.24. The summed E-state index contributed by atoms with van der Waals surface area (Å²) in [5, 5.41) is 0.725. The van der Waals surface area contributed by atoms with Crippen molar-refractivity contribution >= 4 is 27.5 Å². The third kappa shape index (κ3) is 3.18. The van der Waals surface area contributed by atoms with Crippen LogP contribution in [-0.2, 0) is 9.47 Å². The summed E-state index contributed by atoms with van der Waals surface area (Å²) in [6.45, 7) is 3.51. The van der Waals surface area contributed by atoms with Crippen LogP contribution < -0.4 is 0 Å². The van der Waals surface area contributed by atoms with E-state index in [1.807, 2.05) is 25.1 Å². The van der Waals surface area contributed by atoms with Crippen LogP contribution in [0.5, 0.6) is 0 Å². The zero-order chi connectivity index (χ0) is 10.8. The fourth-order valence-electron chi connectivity index (χ4n) is 1.34. The van der Waals surface area contributed by atoms with E-state index in [1.54, 1.807) is 0 Å². The van der Waals surface area contributed by atoms with Gasteiger partial charge in [-0.15, -0.1) is 0 Å². The molecule has 2 atom stereocenters. The van der Waals surface area contributed by atoms with Gasteiger partial charge in [-0.2, -0.15) is 0 Å². The number of benzene rings is 1. The van der Waals surface area contributed by atoms with Gasteiger partial charge >= 0.3 is 0 Å². The summed E-state index contributed by atoms with van der Waals surface area (Å²) in [4.78, 5) is 0. The first-order valence-electron chi connectivity index (χ1n) is 4.85. The fourth-order valence-corrected chi connectivity index (χ4v) is 2.34. The smallest absolute Gasteiger partial charge is 0.104 e. The van der Waals surface area contributed by atoms with Crippen LogP contribution in [0.3, 0.4) is 0 Å². The molecule has 1 aliphatic rings. The van der Waals surface area contributed by atoms with Crippen molar-refractivity contribution in [2.45, 2.75) is 19.1 Å².